The van der Waals surface area contributed by atoms with Crippen molar-refractivity contribution in [3.8, 4) is 5.75 Å². The number of likely N-dealkylation sites (tertiary alicyclic amines) is 1. The monoisotopic (exact) mass is 297 g/mol. The first-order valence-electron chi connectivity index (χ1n) is 7.54. The molecule has 2 heterocycles. The number of hydrogen-bond acceptors (Lipinski definition) is 4. The van der Waals surface area contributed by atoms with Gasteiger partial charge >= 0.3 is 0 Å². The molecule has 3 rings (SSSR count). The Morgan fingerprint density at radius 1 is 1.18 bits per heavy atom. The van der Waals surface area contributed by atoms with Crippen molar-refractivity contribution < 1.29 is 9.53 Å². The third-order valence-electron chi connectivity index (χ3n) is 3.95. The molecule has 114 valence electrons. The number of rotatable bonds is 4. The fourth-order valence-corrected chi connectivity index (χ4v) is 2.70. The van der Waals surface area contributed by atoms with E-state index in [1.165, 1.54) is 0 Å². The predicted molar refractivity (Wildman–Crippen MR) is 82.5 cm³/mol. The normalized spacial score (nSPS) is 15.5. The van der Waals surface area contributed by atoms with Gasteiger partial charge in [-0.3, -0.25) is 14.8 Å². The standard InChI is InChI=1S/C17H19N3O2/c21-17(13-22-15-4-2-1-3-5-15)20-10-6-14(7-11-20)16-12-18-8-9-19-16/h1-5,8-9,12,14H,6-7,10-11,13H2. The van der Waals surface area contributed by atoms with Crippen LogP contribution in [0, 0.1) is 0 Å². The molecule has 0 saturated carbocycles. The third kappa shape index (κ3) is 3.61. The number of carbonyl (C=O) groups excluding carboxylic acids is 1. The number of nitrogens with zero attached hydrogens (tertiary/aromatic N) is 3. The number of carbonyl (C=O) groups is 1. The number of ether oxygens (including phenoxy) is 1. The van der Waals surface area contributed by atoms with E-state index in [2.05, 4.69) is 9.97 Å². The van der Waals surface area contributed by atoms with Gasteiger partial charge in [-0.2, -0.15) is 0 Å². The van der Waals surface area contributed by atoms with Crippen molar-refractivity contribution in [3.05, 3.63) is 54.6 Å². The average Bonchev–Trinajstić information content (AvgIpc) is 2.61. The number of para-hydroxylation sites is 1. The molecule has 1 amide bonds. The fraction of sp³-hybridized carbons (Fsp3) is 0.353. The molecule has 0 bridgehead atoms. The minimum atomic E-state index is 0.0430. The molecule has 5 nitrogen and oxygen atoms in total. The Balaban J connectivity index is 1.48. The van der Waals surface area contributed by atoms with Gasteiger partial charge in [-0.25, -0.2) is 0 Å². The number of piperidine rings is 1. The molecular formula is C17H19N3O2. The molecule has 5 heteroatoms. The fourth-order valence-electron chi connectivity index (χ4n) is 2.70. The third-order valence-corrected chi connectivity index (χ3v) is 3.95. The zero-order valence-corrected chi connectivity index (χ0v) is 12.4. The van der Waals surface area contributed by atoms with Crippen LogP contribution < -0.4 is 4.74 Å². The number of benzene rings is 1. The lowest BCUT2D eigenvalue weighted by Gasteiger charge is -2.31. The zero-order valence-electron chi connectivity index (χ0n) is 12.4. The molecule has 1 aromatic heterocycles. The van der Waals surface area contributed by atoms with E-state index in [4.69, 9.17) is 4.74 Å². The molecule has 0 aliphatic carbocycles. The van der Waals surface area contributed by atoms with Crippen LogP contribution in [0.4, 0.5) is 0 Å². The summed E-state index contributed by atoms with van der Waals surface area (Å²) >= 11 is 0. The van der Waals surface area contributed by atoms with Gasteiger partial charge in [0.25, 0.3) is 5.91 Å². The van der Waals surface area contributed by atoms with E-state index in [-0.39, 0.29) is 12.5 Å². The van der Waals surface area contributed by atoms with Gasteiger partial charge in [0.1, 0.15) is 5.75 Å². The molecule has 2 aromatic rings. The summed E-state index contributed by atoms with van der Waals surface area (Å²) in [5.74, 6) is 1.17. The van der Waals surface area contributed by atoms with Gasteiger partial charge in [0.05, 0.1) is 5.69 Å². The zero-order chi connectivity index (χ0) is 15.2. The summed E-state index contributed by atoms with van der Waals surface area (Å²) in [4.78, 5) is 22.5. The number of amides is 1. The van der Waals surface area contributed by atoms with Crippen LogP contribution >= 0.6 is 0 Å². The Hall–Kier alpha value is -2.43. The molecule has 0 spiro atoms. The van der Waals surface area contributed by atoms with Crippen molar-refractivity contribution in [1.82, 2.24) is 14.9 Å². The van der Waals surface area contributed by atoms with Gasteiger partial charge in [0.2, 0.25) is 0 Å². The number of hydrogen-bond donors (Lipinski definition) is 0. The maximum atomic E-state index is 12.2. The smallest absolute Gasteiger partial charge is 0.260 e. The molecule has 1 aliphatic heterocycles. The van der Waals surface area contributed by atoms with Crippen LogP contribution in [-0.2, 0) is 4.79 Å². The highest BCUT2D eigenvalue weighted by Crippen LogP contribution is 2.25. The molecule has 1 fully saturated rings. The van der Waals surface area contributed by atoms with E-state index < -0.39 is 0 Å². The van der Waals surface area contributed by atoms with Crippen LogP contribution in [0.5, 0.6) is 5.75 Å². The quantitative estimate of drug-likeness (QED) is 0.868. The second-order valence-electron chi connectivity index (χ2n) is 5.39. The van der Waals surface area contributed by atoms with Crippen LogP contribution in [0.25, 0.3) is 0 Å². The first kappa shape index (κ1) is 14.5. The first-order chi connectivity index (χ1) is 10.8. The summed E-state index contributed by atoms with van der Waals surface area (Å²) in [6.45, 7) is 1.59. The Labute approximate surface area is 130 Å². The van der Waals surface area contributed by atoms with E-state index in [0.29, 0.717) is 5.92 Å². The summed E-state index contributed by atoms with van der Waals surface area (Å²) in [5.41, 5.74) is 1.02. The van der Waals surface area contributed by atoms with Crippen LogP contribution in [0.1, 0.15) is 24.5 Å². The molecule has 0 atom stereocenters. The maximum absolute atomic E-state index is 12.2. The van der Waals surface area contributed by atoms with E-state index in [1.54, 1.807) is 12.4 Å². The van der Waals surface area contributed by atoms with Crippen molar-refractivity contribution in [2.75, 3.05) is 19.7 Å². The van der Waals surface area contributed by atoms with Gasteiger partial charge in [0.15, 0.2) is 6.61 Å². The van der Waals surface area contributed by atoms with E-state index in [9.17, 15) is 4.79 Å². The highest BCUT2D eigenvalue weighted by Gasteiger charge is 2.24. The van der Waals surface area contributed by atoms with Crippen LogP contribution in [-0.4, -0.2) is 40.5 Å². The summed E-state index contributed by atoms with van der Waals surface area (Å²) in [6, 6.07) is 9.42. The largest absolute Gasteiger partial charge is 0.484 e. The Morgan fingerprint density at radius 2 is 1.95 bits per heavy atom. The van der Waals surface area contributed by atoms with E-state index >= 15 is 0 Å². The van der Waals surface area contributed by atoms with E-state index in [0.717, 1.165) is 37.4 Å². The summed E-state index contributed by atoms with van der Waals surface area (Å²) in [7, 11) is 0. The Kier molecular flexibility index (Phi) is 4.63. The van der Waals surface area contributed by atoms with Crippen molar-refractivity contribution in [2.24, 2.45) is 0 Å². The van der Waals surface area contributed by atoms with Crippen molar-refractivity contribution in [2.45, 2.75) is 18.8 Å². The lowest BCUT2D eigenvalue weighted by Crippen LogP contribution is -2.40. The van der Waals surface area contributed by atoms with Crippen molar-refractivity contribution >= 4 is 5.91 Å². The maximum Gasteiger partial charge on any atom is 0.260 e. The Bertz CT molecular complexity index is 596. The van der Waals surface area contributed by atoms with Crippen molar-refractivity contribution in [1.29, 1.82) is 0 Å². The van der Waals surface area contributed by atoms with Gasteiger partial charge in [-0.05, 0) is 25.0 Å². The lowest BCUT2D eigenvalue weighted by molar-refractivity contribution is -0.134. The molecule has 0 radical (unpaired) electrons. The van der Waals surface area contributed by atoms with Crippen LogP contribution in [0.3, 0.4) is 0 Å². The van der Waals surface area contributed by atoms with E-state index in [1.807, 2.05) is 41.4 Å². The molecule has 1 aromatic carbocycles. The molecule has 0 N–H and O–H groups in total. The van der Waals surface area contributed by atoms with Crippen LogP contribution in [0.15, 0.2) is 48.9 Å². The highest BCUT2D eigenvalue weighted by atomic mass is 16.5. The minimum Gasteiger partial charge on any atom is -0.484 e. The first-order valence-corrected chi connectivity index (χ1v) is 7.54. The Morgan fingerprint density at radius 3 is 2.64 bits per heavy atom. The SMILES string of the molecule is O=C(COc1ccccc1)N1CCC(c2cnccn2)CC1. The summed E-state index contributed by atoms with van der Waals surface area (Å²) in [6.07, 6.45) is 7.08. The van der Waals surface area contributed by atoms with Crippen molar-refractivity contribution in [3.63, 3.8) is 0 Å². The highest BCUT2D eigenvalue weighted by molar-refractivity contribution is 5.77. The van der Waals surface area contributed by atoms with Gasteiger partial charge in [-0.15, -0.1) is 0 Å². The predicted octanol–water partition coefficient (Wildman–Crippen LogP) is 2.26. The average molecular weight is 297 g/mol. The molecular weight excluding hydrogens is 278 g/mol. The topological polar surface area (TPSA) is 55.3 Å². The summed E-state index contributed by atoms with van der Waals surface area (Å²) in [5, 5.41) is 0. The van der Waals surface area contributed by atoms with Gasteiger partial charge in [-0.1, -0.05) is 18.2 Å². The van der Waals surface area contributed by atoms with Gasteiger partial charge in [0, 0.05) is 37.6 Å². The molecule has 22 heavy (non-hydrogen) atoms. The molecule has 1 saturated heterocycles. The molecule has 1 aliphatic rings. The lowest BCUT2D eigenvalue weighted by atomic mass is 9.94. The van der Waals surface area contributed by atoms with Gasteiger partial charge < -0.3 is 9.64 Å². The minimum absolute atomic E-state index is 0.0430. The van der Waals surface area contributed by atoms with Crippen LogP contribution in [0.2, 0.25) is 0 Å². The second kappa shape index (κ2) is 7.02. The molecule has 0 unspecified atom stereocenters. The number of aromatic nitrogens is 2. The summed E-state index contributed by atoms with van der Waals surface area (Å²) < 4.78 is 5.52. The second-order valence-corrected chi connectivity index (χ2v) is 5.39.